The van der Waals surface area contributed by atoms with E-state index in [1.54, 1.807) is 0 Å². The fraction of sp³-hybridized carbons (Fsp3) is 0.583. The van der Waals surface area contributed by atoms with E-state index in [1.165, 1.54) is 16.6 Å². The average Bonchev–Trinajstić information content (AvgIpc) is 2.41. The second kappa shape index (κ2) is 5.85. The van der Waals surface area contributed by atoms with Crippen molar-refractivity contribution < 1.29 is 8.42 Å². The summed E-state index contributed by atoms with van der Waals surface area (Å²) in [6.45, 7) is 6.70. The lowest BCUT2D eigenvalue weighted by atomic mass is 10.2. The number of sulfonamides is 1. The molecule has 1 aliphatic rings. The van der Waals surface area contributed by atoms with Crippen molar-refractivity contribution in [1.29, 1.82) is 0 Å². The minimum atomic E-state index is -3.56. The van der Waals surface area contributed by atoms with Crippen LogP contribution in [0.2, 0.25) is 5.02 Å². The Hall–Kier alpha value is -0.890. The largest absolute Gasteiger partial charge is 0.382 e. The highest BCUT2D eigenvalue weighted by Crippen LogP contribution is 2.24. The number of piperazine rings is 1. The molecule has 8 heteroatoms. The Labute approximate surface area is 124 Å². The fourth-order valence-electron chi connectivity index (χ4n) is 2.37. The molecule has 0 bridgehead atoms. The molecule has 112 valence electrons. The maximum atomic E-state index is 12.6. The minimum absolute atomic E-state index is 0.0915. The van der Waals surface area contributed by atoms with Gasteiger partial charge in [0.15, 0.2) is 0 Å². The van der Waals surface area contributed by atoms with Gasteiger partial charge in [-0.3, -0.25) is 4.90 Å². The van der Waals surface area contributed by atoms with Gasteiger partial charge < -0.3 is 5.73 Å². The summed E-state index contributed by atoms with van der Waals surface area (Å²) in [5.74, 6) is 0.134. The third-order valence-corrected chi connectivity index (χ3v) is 5.75. The third kappa shape index (κ3) is 2.90. The molecule has 1 fully saturated rings. The Balaban J connectivity index is 2.25. The number of hydrogen-bond acceptors (Lipinski definition) is 5. The lowest BCUT2D eigenvalue weighted by Gasteiger charge is -2.38. The monoisotopic (exact) mass is 318 g/mol. The smallest absolute Gasteiger partial charge is 0.244 e. The number of anilines is 1. The first-order valence-corrected chi connectivity index (χ1v) is 8.33. The molecule has 20 heavy (non-hydrogen) atoms. The second-order valence-corrected chi connectivity index (χ2v) is 7.22. The van der Waals surface area contributed by atoms with Crippen LogP contribution in [0, 0.1) is 0 Å². The molecule has 2 rings (SSSR count). The first-order chi connectivity index (χ1) is 9.36. The van der Waals surface area contributed by atoms with Crippen molar-refractivity contribution >= 4 is 27.4 Å². The summed E-state index contributed by atoms with van der Waals surface area (Å²) in [5, 5.41) is 0.159. The van der Waals surface area contributed by atoms with Gasteiger partial charge in [-0.15, -0.1) is 0 Å². The highest BCUT2D eigenvalue weighted by molar-refractivity contribution is 7.89. The normalized spacial score (nSPS) is 22.1. The van der Waals surface area contributed by atoms with Gasteiger partial charge in [0.25, 0.3) is 0 Å². The van der Waals surface area contributed by atoms with Gasteiger partial charge in [-0.2, -0.15) is 4.31 Å². The van der Waals surface area contributed by atoms with E-state index in [4.69, 9.17) is 17.3 Å². The highest BCUT2D eigenvalue weighted by atomic mass is 35.5. The van der Waals surface area contributed by atoms with Crippen LogP contribution in [0.3, 0.4) is 0 Å². The number of aromatic nitrogens is 1. The van der Waals surface area contributed by atoms with Crippen LogP contribution in [0.1, 0.15) is 13.8 Å². The molecule has 2 heterocycles. The number of hydrogen-bond donors (Lipinski definition) is 1. The second-order valence-electron chi connectivity index (χ2n) is 4.88. The molecule has 0 aliphatic carbocycles. The van der Waals surface area contributed by atoms with Crippen molar-refractivity contribution in [3.8, 4) is 0 Å². The number of halogens is 1. The Morgan fingerprint density at radius 3 is 2.75 bits per heavy atom. The van der Waals surface area contributed by atoms with E-state index in [0.717, 1.165) is 13.1 Å². The van der Waals surface area contributed by atoms with E-state index >= 15 is 0 Å². The Bertz CT molecular complexity index is 593. The lowest BCUT2D eigenvalue weighted by molar-refractivity contribution is 0.135. The van der Waals surface area contributed by atoms with Gasteiger partial charge >= 0.3 is 0 Å². The van der Waals surface area contributed by atoms with Crippen LogP contribution in [-0.2, 0) is 10.0 Å². The van der Waals surface area contributed by atoms with Crippen molar-refractivity contribution in [2.45, 2.75) is 24.8 Å². The highest BCUT2D eigenvalue weighted by Gasteiger charge is 2.32. The third-order valence-electron chi connectivity index (χ3n) is 3.62. The quantitative estimate of drug-likeness (QED) is 0.900. The van der Waals surface area contributed by atoms with Crippen molar-refractivity contribution in [3.05, 3.63) is 17.3 Å². The van der Waals surface area contributed by atoms with E-state index in [-0.39, 0.29) is 21.8 Å². The maximum Gasteiger partial charge on any atom is 0.244 e. The van der Waals surface area contributed by atoms with E-state index in [1.807, 2.05) is 6.92 Å². The Kier molecular flexibility index (Phi) is 4.53. The number of rotatable bonds is 3. The van der Waals surface area contributed by atoms with Gasteiger partial charge in [-0.25, -0.2) is 13.4 Å². The first-order valence-electron chi connectivity index (χ1n) is 6.51. The van der Waals surface area contributed by atoms with Crippen LogP contribution < -0.4 is 5.73 Å². The Morgan fingerprint density at radius 1 is 1.50 bits per heavy atom. The first kappa shape index (κ1) is 15.5. The van der Waals surface area contributed by atoms with Crippen LogP contribution >= 0.6 is 11.6 Å². The predicted molar refractivity (Wildman–Crippen MR) is 79.1 cm³/mol. The van der Waals surface area contributed by atoms with Gasteiger partial charge in [0.1, 0.15) is 10.7 Å². The number of nitrogen functional groups attached to an aromatic ring is 1. The SMILES string of the molecule is CCN1CCN(S(=O)(=O)c2cnc(N)c(Cl)c2)CC1C. The fourth-order valence-corrected chi connectivity index (χ4v) is 4.09. The summed E-state index contributed by atoms with van der Waals surface area (Å²) in [4.78, 5) is 6.16. The van der Waals surface area contributed by atoms with Crippen LogP contribution in [0.25, 0.3) is 0 Å². The number of pyridine rings is 1. The molecule has 0 saturated carbocycles. The van der Waals surface area contributed by atoms with Gasteiger partial charge in [0, 0.05) is 31.9 Å². The van der Waals surface area contributed by atoms with Gasteiger partial charge in [-0.1, -0.05) is 18.5 Å². The summed E-state index contributed by atoms with van der Waals surface area (Å²) in [5.41, 5.74) is 5.51. The van der Waals surface area contributed by atoms with E-state index in [9.17, 15) is 8.42 Å². The Morgan fingerprint density at radius 2 is 2.20 bits per heavy atom. The summed E-state index contributed by atoms with van der Waals surface area (Å²) in [6.07, 6.45) is 1.26. The number of likely N-dealkylation sites (N-methyl/N-ethyl adjacent to an activating group) is 1. The molecule has 1 atom stereocenters. The van der Waals surface area contributed by atoms with Gasteiger partial charge in [-0.05, 0) is 19.5 Å². The van der Waals surface area contributed by atoms with E-state index in [0.29, 0.717) is 13.1 Å². The maximum absolute atomic E-state index is 12.6. The standard InChI is InChI=1S/C12H19ClN4O2S/c1-3-16-4-5-17(8-9(16)2)20(18,19)10-6-11(13)12(14)15-7-10/h6-7,9H,3-5,8H2,1-2H3,(H2,14,15). The van der Waals surface area contributed by atoms with Crippen LogP contribution in [0.4, 0.5) is 5.82 Å². The minimum Gasteiger partial charge on any atom is -0.382 e. The van der Waals surface area contributed by atoms with Crippen molar-refractivity contribution in [3.63, 3.8) is 0 Å². The molecular formula is C12H19ClN4O2S. The lowest BCUT2D eigenvalue weighted by Crippen LogP contribution is -2.53. The van der Waals surface area contributed by atoms with Gasteiger partial charge in [0.2, 0.25) is 10.0 Å². The van der Waals surface area contributed by atoms with Crippen molar-refractivity contribution in [2.24, 2.45) is 0 Å². The number of nitrogens with two attached hydrogens (primary N) is 1. The van der Waals surface area contributed by atoms with E-state index in [2.05, 4.69) is 16.8 Å². The molecule has 0 aromatic carbocycles. The molecule has 1 unspecified atom stereocenters. The summed E-state index contributed by atoms with van der Waals surface area (Å²) < 4.78 is 26.6. The zero-order valence-electron chi connectivity index (χ0n) is 11.6. The average molecular weight is 319 g/mol. The molecule has 1 aromatic rings. The van der Waals surface area contributed by atoms with Crippen LogP contribution in [0.15, 0.2) is 17.2 Å². The van der Waals surface area contributed by atoms with Crippen molar-refractivity contribution in [1.82, 2.24) is 14.2 Å². The summed E-state index contributed by atoms with van der Waals surface area (Å²) in [6, 6.07) is 1.55. The molecule has 0 amide bonds. The molecule has 2 N–H and O–H groups in total. The zero-order valence-corrected chi connectivity index (χ0v) is 13.2. The molecule has 1 aliphatic heterocycles. The molecule has 1 aromatic heterocycles. The molecule has 0 radical (unpaired) electrons. The van der Waals surface area contributed by atoms with Crippen LogP contribution in [0.5, 0.6) is 0 Å². The zero-order chi connectivity index (χ0) is 14.9. The van der Waals surface area contributed by atoms with Gasteiger partial charge in [0.05, 0.1) is 5.02 Å². The summed E-state index contributed by atoms with van der Waals surface area (Å²) in [7, 11) is -3.56. The summed E-state index contributed by atoms with van der Waals surface area (Å²) >= 11 is 5.85. The van der Waals surface area contributed by atoms with E-state index < -0.39 is 10.0 Å². The van der Waals surface area contributed by atoms with Crippen molar-refractivity contribution in [2.75, 3.05) is 31.9 Å². The molecule has 1 saturated heterocycles. The molecule has 0 spiro atoms. The molecule has 6 nitrogen and oxygen atoms in total. The topological polar surface area (TPSA) is 79.5 Å². The molecular weight excluding hydrogens is 300 g/mol. The van der Waals surface area contributed by atoms with Crippen LogP contribution in [-0.4, -0.2) is 54.8 Å². The number of nitrogens with zero attached hydrogens (tertiary/aromatic N) is 3. The predicted octanol–water partition coefficient (Wildman–Crippen LogP) is 1.03.